The zero-order valence-corrected chi connectivity index (χ0v) is 23.0. The van der Waals surface area contributed by atoms with Crippen LogP contribution in [0.25, 0.3) is 0 Å². The van der Waals surface area contributed by atoms with Gasteiger partial charge < -0.3 is 20.1 Å². The number of aliphatic carboxylic acids is 1. The molecule has 2 heterocycles. The van der Waals surface area contributed by atoms with Gasteiger partial charge in [-0.2, -0.15) is 0 Å². The normalized spacial score (nSPS) is 26.0. The number of likely N-dealkylation sites (tertiary alicyclic amines) is 1. The summed E-state index contributed by atoms with van der Waals surface area (Å²) in [4.78, 5) is 28.9. The maximum absolute atomic E-state index is 14.2. The second-order valence-corrected chi connectivity index (χ2v) is 12.4. The number of carboxylic acid groups (broad SMARTS) is 1. The summed E-state index contributed by atoms with van der Waals surface area (Å²) in [5, 5.41) is 14.4. The molecule has 0 radical (unpaired) electrons. The van der Waals surface area contributed by atoms with Crippen LogP contribution in [0, 0.1) is 17.3 Å². The predicted molar refractivity (Wildman–Crippen MR) is 148 cm³/mol. The molecule has 6 nitrogen and oxygen atoms in total. The molecule has 0 spiro atoms. The summed E-state index contributed by atoms with van der Waals surface area (Å²) in [6.07, 6.45) is 6.93. The molecule has 2 aromatic carbocycles. The molecule has 0 aromatic heterocycles. The van der Waals surface area contributed by atoms with E-state index < -0.39 is 12.0 Å². The van der Waals surface area contributed by atoms with Gasteiger partial charge in [0.05, 0.1) is 12.6 Å². The minimum atomic E-state index is -0.912. The van der Waals surface area contributed by atoms with Crippen molar-refractivity contribution in [1.82, 2.24) is 10.2 Å². The van der Waals surface area contributed by atoms with Crippen molar-refractivity contribution in [3.05, 3.63) is 65.2 Å². The van der Waals surface area contributed by atoms with Crippen LogP contribution in [0.3, 0.4) is 0 Å². The van der Waals surface area contributed by atoms with Crippen molar-refractivity contribution in [3.63, 3.8) is 0 Å². The van der Waals surface area contributed by atoms with Crippen molar-refractivity contribution in [3.8, 4) is 5.75 Å². The summed E-state index contributed by atoms with van der Waals surface area (Å²) in [6, 6.07) is 14.9. The molecule has 2 N–H and O–H groups in total. The SMILES string of the molecule is CC(C)(C)[C@H]1[C@H](NCc2ccc3c(c2)CCCO3)[C@H](c2ccccc2)N(C(=O)C2CCCCC2)[C@@H]1C(=O)O. The Morgan fingerprint density at radius 2 is 1.76 bits per heavy atom. The van der Waals surface area contributed by atoms with Gasteiger partial charge in [0.2, 0.25) is 5.91 Å². The number of carbonyl (C=O) groups is 2. The third-order valence-electron chi connectivity index (χ3n) is 8.78. The van der Waals surface area contributed by atoms with Crippen LogP contribution in [-0.4, -0.2) is 40.6 Å². The summed E-state index contributed by atoms with van der Waals surface area (Å²) >= 11 is 0. The fourth-order valence-electron chi connectivity index (χ4n) is 7.05. The molecule has 1 aliphatic carbocycles. The minimum absolute atomic E-state index is 0.00966. The van der Waals surface area contributed by atoms with E-state index in [1.165, 1.54) is 5.56 Å². The van der Waals surface area contributed by atoms with Gasteiger partial charge in [0.25, 0.3) is 0 Å². The molecule has 1 amide bonds. The number of hydrogen-bond donors (Lipinski definition) is 2. The van der Waals surface area contributed by atoms with Crippen LogP contribution in [0.2, 0.25) is 0 Å². The van der Waals surface area contributed by atoms with E-state index in [1.807, 2.05) is 30.3 Å². The third kappa shape index (κ3) is 5.33. The molecule has 2 fully saturated rings. The standard InChI is InChI=1S/C32H42N2O4/c1-32(2,3)26-27(33-20-21-16-17-25-24(19-21)15-10-18-38-25)28(22-11-6-4-7-12-22)34(29(26)31(36)37)30(35)23-13-8-5-9-14-23/h4,6-7,11-12,16-17,19,23,26-29,33H,5,8-10,13-15,18,20H2,1-3H3,(H,36,37)/t26-,27-,28-,29-/m0/s1. The lowest BCUT2D eigenvalue weighted by molar-refractivity contribution is -0.154. The Morgan fingerprint density at radius 3 is 2.45 bits per heavy atom. The van der Waals surface area contributed by atoms with Gasteiger partial charge in [0.1, 0.15) is 11.8 Å². The second-order valence-electron chi connectivity index (χ2n) is 12.4. The fraction of sp³-hybridized carbons (Fsp3) is 0.562. The van der Waals surface area contributed by atoms with Gasteiger partial charge in [-0.1, -0.05) is 82.5 Å². The highest BCUT2D eigenvalue weighted by atomic mass is 16.5. The minimum Gasteiger partial charge on any atom is -0.493 e. The summed E-state index contributed by atoms with van der Waals surface area (Å²) in [5.41, 5.74) is 3.04. The van der Waals surface area contributed by atoms with Crippen LogP contribution in [0.5, 0.6) is 5.75 Å². The van der Waals surface area contributed by atoms with E-state index in [4.69, 9.17) is 4.74 Å². The van der Waals surface area contributed by atoms with Crippen LogP contribution in [0.15, 0.2) is 48.5 Å². The topological polar surface area (TPSA) is 78.9 Å². The van der Waals surface area contributed by atoms with E-state index in [0.717, 1.165) is 68.4 Å². The van der Waals surface area contributed by atoms with Crippen LogP contribution in [-0.2, 0) is 22.6 Å². The summed E-state index contributed by atoms with van der Waals surface area (Å²) < 4.78 is 5.80. The molecule has 0 unspecified atom stereocenters. The van der Waals surface area contributed by atoms with E-state index in [-0.39, 0.29) is 35.2 Å². The highest BCUT2D eigenvalue weighted by Gasteiger charge is 2.58. The quantitative estimate of drug-likeness (QED) is 0.509. The van der Waals surface area contributed by atoms with E-state index >= 15 is 0 Å². The molecular weight excluding hydrogens is 476 g/mol. The molecule has 2 aliphatic heterocycles. The molecule has 5 rings (SSSR count). The van der Waals surface area contributed by atoms with Gasteiger partial charge in [0.15, 0.2) is 0 Å². The number of benzene rings is 2. The van der Waals surface area contributed by atoms with E-state index in [1.54, 1.807) is 4.90 Å². The lowest BCUT2D eigenvalue weighted by Gasteiger charge is -2.36. The number of carbonyl (C=O) groups excluding carboxylic acids is 1. The first kappa shape index (κ1) is 26.7. The first-order valence-corrected chi connectivity index (χ1v) is 14.3. The largest absolute Gasteiger partial charge is 0.493 e. The summed E-state index contributed by atoms with van der Waals surface area (Å²) in [7, 11) is 0. The molecule has 0 bridgehead atoms. The van der Waals surface area contributed by atoms with Crippen LogP contribution < -0.4 is 10.1 Å². The highest BCUT2D eigenvalue weighted by Crippen LogP contribution is 2.49. The average Bonchev–Trinajstić information content (AvgIpc) is 3.28. The number of aryl methyl sites for hydroxylation is 1. The Balaban J connectivity index is 1.54. The Hall–Kier alpha value is -2.86. The average molecular weight is 519 g/mol. The number of fused-ring (bicyclic) bond motifs is 1. The van der Waals surface area contributed by atoms with Gasteiger partial charge in [0, 0.05) is 24.4 Å². The van der Waals surface area contributed by atoms with Crippen molar-refractivity contribution in [2.24, 2.45) is 17.3 Å². The number of rotatable bonds is 6. The summed E-state index contributed by atoms with van der Waals surface area (Å²) in [5.74, 6) is -0.304. The monoisotopic (exact) mass is 518 g/mol. The van der Waals surface area contributed by atoms with Crippen LogP contribution >= 0.6 is 0 Å². The first-order valence-electron chi connectivity index (χ1n) is 14.3. The maximum atomic E-state index is 14.2. The maximum Gasteiger partial charge on any atom is 0.326 e. The molecule has 3 aliphatic rings. The highest BCUT2D eigenvalue weighted by molar-refractivity contribution is 5.87. The second kappa shape index (κ2) is 11.1. The molecule has 38 heavy (non-hydrogen) atoms. The zero-order valence-electron chi connectivity index (χ0n) is 23.0. The van der Waals surface area contributed by atoms with E-state index in [0.29, 0.717) is 6.54 Å². The van der Waals surface area contributed by atoms with Crippen molar-refractivity contribution >= 4 is 11.9 Å². The van der Waals surface area contributed by atoms with Gasteiger partial charge >= 0.3 is 5.97 Å². The summed E-state index contributed by atoms with van der Waals surface area (Å²) in [6.45, 7) is 7.69. The van der Waals surface area contributed by atoms with Crippen molar-refractivity contribution < 1.29 is 19.4 Å². The van der Waals surface area contributed by atoms with Crippen LogP contribution in [0.4, 0.5) is 0 Å². The van der Waals surface area contributed by atoms with Crippen molar-refractivity contribution in [1.29, 1.82) is 0 Å². The lowest BCUT2D eigenvalue weighted by Crippen LogP contribution is -2.49. The number of carboxylic acids is 1. The Morgan fingerprint density at radius 1 is 1.03 bits per heavy atom. The number of amides is 1. The van der Waals surface area contributed by atoms with E-state index in [2.05, 4.69) is 44.3 Å². The molecule has 1 saturated carbocycles. The molecular formula is C32H42N2O4. The number of ether oxygens (including phenoxy) is 1. The molecule has 6 heteroatoms. The predicted octanol–water partition coefficient (Wildman–Crippen LogP) is 5.75. The Labute approximate surface area is 226 Å². The lowest BCUT2D eigenvalue weighted by atomic mass is 9.72. The number of nitrogens with one attached hydrogen (secondary N) is 1. The van der Waals surface area contributed by atoms with Gasteiger partial charge in [-0.3, -0.25) is 4.79 Å². The van der Waals surface area contributed by atoms with Gasteiger partial charge in [-0.05, 0) is 53.9 Å². The first-order chi connectivity index (χ1) is 18.3. The van der Waals surface area contributed by atoms with Crippen LogP contribution in [0.1, 0.15) is 82.0 Å². The molecule has 1 saturated heterocycles. The van der Waals surface area contributed by atoms with Gasteiger partial charge in [-0.15, -0.1) is 0 Å². The Kier molecular flexibility index (Phi) is 7.80. The molecule has 204 valence electrons. The van der Waals surface area contributed by atoms with E-state index in [9.17, 15) is 14.7 Å². The van der Waals surface area contributed by atoms with Crippen molar-refractivity contribution in [2.75, 3.05) is 6.61 Å². The van der Waals surface area contributed by atoms with Crippen molar-refractivity contribution in [2.45, 2.75) is 90.4 Å². The zero-order chi connectivity index (χ0) is 26.9. The molecule has 4 atom stereocenters. The number of hydrogen-bond acceptors (Lipinski definition) is 4. The van der Waals surface area contributed by atoms with Gasteiger partial charge in [-0.25, -0.2) is 4.79 Å². The smallest absolute Gasteiger partial charge is 0.326 e. The third-order valence-corrected chi connectivity index (χ3v) is 8.78. The molecule has 2 aromatic rings. The Bertz CT molecular complexity index is 1140. The fourth-order valence-corrected chi connectivity index (χ4v) is 7.05. The number of nitrogens with zero attached hydrogens (tertiary/aromatic N) is 1.